The second-order valence-corrected chi connectivity index (χ2v) is 6.55. The SMILES string of the molecule is CC1=CC(C)=NC1=Cc1ccc(CCC(=O)ON2C(=O)CCC2=O)n1B(F)F. The van der Waals surface area contributed by atoms with Gasteiger partial charge in [0.2, 0.25) is 0 Å². The van der Waals surface area contributed by atoms with Gasteiger partial charge < -0.3 is 9.32 Å². The van der Waals surface area contributed by atoms with Crippen molar-refractivity contribution in [2.24, 2.45) is 4.99 Å². The summed E-state index contributed by atoms with van der Waals surface area (Å²) in [6, 6.07) is 3.03. The van der Waals surface area contributed by atoms with Gasteiger partial charge in [-0.2, -0.15) is 0 Å². The molecule has 0 atom stereocenters. The number of nitrogens with zero attached hydrogens (tertiary/aromatic N) is 3. The number of allylic oxidation sites excluding steroid dienone is 2. The van der Waals surface area contributed by atoms with Gasteiger partial charge in [0.05, 0.1) is 12.1 Å². The average Bonchev–Trinajstić information content (AvgIpc) is 3.27. The Hall–Kier alpha value is -3.04. The number of hydroxylamine groups is 2. The van der Waals surface area contributed by atoms with Crippen molar-refractivity contribution in [3.05, 3.63) is 40.9 Å². The zero-order valence-corrected chi connectivity index (χ0v) is 15.4. The molecule has 1 fully saturated rings. The van der Waals surface area contributed by atoms with Crippen molar-refractivity contribution in [3.63, 3.8) is 0 Å². The van der Waals surface area contributed by atoms with Crippen LogP contribution in [0.3, 0.4) is 0 Å². The Kier molecular flexibility index (Phi) is 5.57. The van der Waals surface area contributed by atoms with E-state index < -0.39 is 25.2 Å². The van der Waals surface area contributed by atoms with Gasteiger partial charge in [-0.1, -0.05) is 0 Å². The van der Waals surface area contributed by atoms with Crippen molar-refractivity contribution in [1.29, 1.82) is 0 Å². The number of hydrogen-bond donors (Lipinski definition) is 0. The fraction of sp³-hybridized carbons (Fsp3) is 0.333. The highest BCUT2D eigenvalue weighted by Crippen LogP contribution is 2.24. The Morgan fingerprint density at radius 3 is 2.50 bits per heavy atom. The lowest BCUT2D eigenvalue weighted by molar-refractivity contribution is -0.197. The van der Waals surface area contributed by atoms with E-state index in [0.717, 1.165) is 15.8 Å². The Morgan fingerprint density at radius 2 is 1.93 bits per heavy atom. The number of aryl methyl sites for hydroxylation is 1. The van der Waals surface area contributed by atoms with Crippen LogP contribution in [0.15, 0.2) is 34.5 Å². The molecule has 1 aromatic rings. The molecule has 0 aliphatic carbocycles. The molecule has 28 heavy (non-hydrogen) atoms. The molecule has 1 saturated heterocycles. The van der Waals surface area contributed by atoms with E-state index in [2.05, 4.69) is 4.99 Å². The molecule has 2 aliphatic heterocycles. The summed E-state index contributed by atoms with van der Waals surface area (Å²) >= 11 is 0. The predicted octanol–water partition coefficient (Wildman–Crippen LogP) is 2.56. The smallest absolute Gasteiger partial charge is 0.330 e. The van der Waals surface area contributed by atoms with E-state index >= 15 is 0 Å². The van der Waals surface area contributed by atoms with Crippen LogP contribution in [-0.4, -0.2) is 40.4 Å². The summed E-state index contributed by atoms with van der Waals surface area (Å²) in [6.45, 7) is 3.67. The maximum Gasteiger partial charge on any atom is 0.677 e. The van der Waals surface area contributed by atoms with Crippen LogP contribution in [0.1, 0.15) is 44.5 Å². The van der Waals surface area contributed by atoms with Crippen LogP contribution in [0, 0.1) is 0 Å². The van der Waals surface area contributed by atoms with Crippen LogP contribution < -0.4 is 0 Å². The fourth-order valence-electron chi connectivity index (χ4n) is 3.09. The summed E-state index contributed by atoms with van der Waals surface area (Å²) in [6.07, 6.45) is 3.14. The molecule has 1 aromatic heterocycles. The van der Waals surface area contributed by atoms with Crippen LogP contribution in [0.5, 0.6) is 0 Å². The van der Waals surface area contributed by atoms with Crippen LogP contribution >= 0.6 is 0 Å². The Bertz CT molecular complexity index is 917. The number of halogens is 2. The van der Waals surface area contributed by atoms with E-state index in [9.17, 15) is 23.0 Å². The van der Waals surface area contributed by atoms with E-state index in [0.29, 0.717) is 10.8 Å². The average molecular weight is 389 g/mol. The zero-order valence-electron chi connectivity index (χ0n) is 15.4. The lowest BCUT2D eigenvalue weighted by Crippen LogP contribution is -2.32. The van der Waals surface area contributed by atoms with Crippen molar-refractivity contribution in [3.8, 4) is 0 Å². The first-order valence-corrected chi connectivity index (χ1v) is 8.76. The molecule has 0 aromatic carbocycles. The fourth-order valence-corrected chi connectivity index (χ4v) is 3.09. The van der Waals surface area contributed by atoms with Gasteiger partial charge in [-0.25, -0.2) is 4.79 Å². The molecule has 146 valence electrons. The highest BCUT2D eigenvalue weighted by atomic mass is 19.2. The molecule has 0 saturated carbocycles. The third-order valence-electron chi connectivity index (χ3n) is 4.42. The molecule has 2 amide bonds. The standard InChI is InChI=1S/C18H18BF2N3O4/c1-11-9-12(2)22-15(11)10-14-4-3-13(23(14)19(20)21)5-8-18(27)28-24-16(25)6-7-17(24)26/h3-4,9-10H,5-8H2,1-2H3. The zero-order chi connectivity index (χ0) is 20.4. The highest BCUT2D eigenvalue weighted by Gasteiger charge is 2.33. The number of hydrogen-bond acceptors (Lipinski definition) is 5. The molecular weight excluding hydrogens is 371 g/mol. The first-order valence-electron chi connectivity index (χ1n) is 8.76. The van der Waals surface area contributed by atoms with Gasteiger partial charge in [-0.3, -0.25) is 23.2 Å². The first-order chi connectivity index (χ1) is 13.3. The Balaban J connectivity index is 1.71. The molecule has 0 N–H and O–H groups in total. The molecule has 0 bridgehead atoms. The number of aromatic nitrogens is 1. The normalized spacial score (nSPS) is 18.0. The molecule has 2 aliphatic rings. The third kappa shape index (κ3) is 4.10. The third-order valence-corrected chi connectivity index (χ3v) is 4.42. The van der Waals surface area contributed by atoms with Crippen LogP contribution in [-0.2, 0) is 25.6 Å². The number of rotatable bonds is 6. The van der Waals surface area contributed by atoms with Gasteiger partial charge in [-0.05, 0) is 50.1 Å². The predicted molar refractivity (Wildman–Crippen MR) is 98.1 cm³/mol. The molecule has 10 heteroatoms. The van der Waals surface area contributed by atoms with E-state index in [1.807, 2.05) is 19.9 Å². The van der Waals surface area contributed by atoms with Gasteiger partial charge in [0.25, 0.3) is 11.8 Å². The van der Waals surface area contributed by atoms with Crippen molar-refractivity contribution < 1.29 is 27.9 Å². The van der Waals surface area contributed by atoms with Crippen molar-refractivity contribution in [2.45, 2.75) is 39.5 Å². The molecule has 3 heterocycles. The molecule has 7 nitrogen and oxygen atoms in total. The lowest BCUT2D eigenvalue weighted by atomic mass is 10.1. The minimum atomic E-state index is -2.80. The molecule has 0 radical (unpaired) electrons. The second kappa shape index (κ2) is 7.91. The summed E-state index contributed by atoms with van der Waals surface area (Å²) in [4.78, 5) is 43.9. The summed E-state index contributed by atoms with van der Waals surface area (Å²) in [5.74, 6) is -2.00. The largest absolute Gasteiger partial charge is 0.677 e. The topological polar surface area (TPSA) is 81.0 Å². The number of carbonyl (C=O) groups excluding carboxylic acids is 3. The summed E-state index contributed by atoms with van der Waals surface area (Å²) < 4.78 is 28.0. The second-order valence-electron chi connectivity index (χ2n) is 6.55. The van der Waals surface area contributed by atoms with Crippen LogP contribution in [0.4, 0.5) is 8.63 Å². The van der Waals surface area contributed by atoms with E-state index in [4.69, 9.17) is 4.84 Å². The van der Waals surface area contributed by atoms with E-state index in [1.54, 1.807) is 6.08 Å². The van der Waals surface area contributed by atoms with E-state index in [1.165, 1.54) is 12.1 Å². The van der Waals surface area contributed by atoms with Crippen molar-refractivity contribution in [1.82, 2.24) is 9.54 Å². The number of carbonyl (C=O) groups is 3. The minimum absolute atomic E-state index is 0.00576. The lowest BCUT2D eigenvalue weighted by Gasteiger charge is -2.13. The number of imide groups is 1. The maximum atomic E-state index is 13.6. The quantitative estimate of drug-likeness (QED) is 0.553. The van der Waals surface area contributed by atoms with Crippen LogP contribution in [0.2, 0.25) is 0 Å². The van der Waals surface area contributed by atoms with E-state index in [-0.39, 0.29) is 37.1 Å². The number of amides is 2. The van der Waals surface area contributed by atoms with Gasteiger partial charge in [-0.15, -0.1) is 5.06 Å². The maximum absolute atomic E-state index is 13.6. The molecule has 0 unspecified atom stereocenters. The van der Waals surface area contributed by atoms with Gasteiger partial charge in [0, 0.05) is 29.9 Å². The molecule has 0 spiro atoms. The van der Waals surface area contributed by atoms with Gasteiger partial charge in [0.15, 0.2) is 0 Å². The molecule has 3 rings (SSSR count). The number of aliphatic imine (C=N–C) groups is 1. The van der Waals surface area contributed by atoms with Crippen molar-refractivity contribution >= 4 is 37.0 Å². The summed E-state index contributed by atoms with van der Waals surface area (Å²) in [5.41, 5.74) is 2.79. The van der Waals surface area contributed by atoms with Crippen LogP contribution in [0.25, 0.3) is 6.08 Å². The highest BCUT2D eigenvalue weighted by molar-refractivity contribution is 6.41. The monoisotopic (exact) mass is 389 g/mol. The van der Waals surface area contributed by atoms with Gasteiger partial charge >= 0.3 is 13.4 Å². The Labute approximate surface area is 160 Å². The first kappa shape index (κ1) is 19.7. The summed E-state index contributed by atoms with van der Waals surface area (Å²) in [5, 5.41) is 0.444. The van der Waals surface area contributed by atoms with Gasteiger partial charge in [0.1, 0.15) is 0 Å². The minimum Gasteiger partial charge on any atom is -0.330 e. The summed E-state index contributed by atoms with van der Waals surface area (Å²) in [7, 11) is -2.80. The van der Waals surface area contributed by atoms with Crippen molar-refractivity contribution in [2.75, 3.05) is 0 Å². The molecular formula is C18H18BF2N3O4. The Morgan fingerprint density at radius 1 is 1.25 bits per heavy atom.